The number of carboxylic acids is 1. The van der Waals surface area contributed by atoms with Gasteiger partial charge in [-0.3, -0.25) is 0 Å². The van der Waals surface area contributed by atoms with E-state index in [2.05, 4.69) is 15.5 Å². The minimum Gasteiger partial charge on any atom is -0.478 e. The first kappa shape index (κ1) is 13.2. The molecule has 1 aromatic heterocycles. The second-order valence-electron chi connectivity index (χ2n) is 4.00. The Bertz CT molecular complexity index is 550. The number of benzene rings is 1. The molecule has 0 aliphatic rings. The molecule has 0 spiro atoms. The fraction of sp³-hybridized carbons (Fsp3) is 0.333. The number of carboxylic acid groups (broad SMARTS) is 1. The van der Waals surface area contributed by atoms with Crippen LogP contribution >= 0.6 is 0 Å². The molecule has 0 radical (unpaired) electrons. The number of methoxy groups -OCH3 is 1. The number of rotatable bonds is 6. The molecule has 0 saturated carbocycles. The van der Waals surface area contributed by atoms with Crippen molar-refractivity contribution < 1.29 is 14.6 Å². The number of aromatic carboxylic acids is 1. The summed E-state index contributed by atoms with van der Waals surface area (Å²) in [7, 11) is 1.62. The minimum atomic E-state index is -0.935. The van der Waals surface area contributed by atoms with E-state index in [1.165, 1.54) is 0 Å². The summed E-state index contributed by atoms with van der Waals surface area (Å²) in [6.07, 6.45) is 0.636. The second-order valence-corrected chi connectivity index (χ2v) is 4.00. The average Bonchev–Trinajstić information content (AvgIpc) is 2.84. The normalized spacial score (nSPS) is 10.6. The smallest absolute Gasteiger partial charge is 0.335 e. The Hall–Kier alpha value is -2.28. The van der Waals surface area contributed by atoms with E-state index in [-0.39, 0.29) is 5.56 Å². The highest BCUT2D eigenvalue weighted by Gasteiger charge is 2.07. The van der Waals surface area contributed by atoms with Gasteiger partial charge in [-0.05, 0) is 28.1 Å². The van der Waals surface area contributed by atoms with E-state index in [4.69, 9.17) is 9.84 Å². The molecule has 19 heavy (non-hydrogen) atoms. The Morgan fingerprint density at radius 3 is 2.74 bits per heavy atom. The number of nitrogens with zero attached hydrogens (tertiary/aromatic N) is 4. The van der Waals surface area contributed by atoms with Crippen LogP contribution in [0.5, 0.6) is 0 Å². The van der Waals surface area contributed by atoms with Gasteiger partial charge in [-0.2, -0.15) is 0 Å². The molecule has 0 fully saturated rings. The van der Waals surface area contributed by atoms with E-state index >= 15 is 0 Å². The van der Waals surface area contributed by atoms with E-state index in [9.17, 15) is 4.79 Å². The quantitative estimate of drug-likeness (QED) is 0.820. The van der Waals surface area contributed by atoms with E-state index in [1.807, 2.05) is 0 Å². The van der Waals surface area contributed by atoms with Crippen LogP contribution in [0.15, 0.2) is 24.3 Å². The van der Waals surface area contributed by atoms with Crippen molar-refractivity contribution in [2.24, 2.45) is 0 Å². The summed E-state index contributed by atoms with van der Waals surface area (Å²) < 4.78 is 6.66. The predicted octanol–water partition coefficient (Wildman–Crippen LogP) is 0.608. The summed E-state index contributed by atoms with van der Waals surface area (Å²) in [6, 6.07) is 6.64. The Morgan fingerprint density at radius 1 is 1.37 bits per heavy atom. The molecule has 2 aromatic rings. The van der Waals surface area contributed by atoms with Crippen LogP contribution in [0.3, 0.4) is 0 Å². The molecule has 1 aromatic carbocycles. The highest BCUT2D eigenvalue weighted by atomic mass is 16.5. The lowest BCUT2D eigenvalue weighted by Gasteiger charge is -2.05. The maximum atomic E-state index is 10.8. The molecular weight excluding hydrogens is 248 g/mol. The molecule has 0 unspecified atom stereocenters. The molecule has 0 aliphatic heterocycles. The van der Waals surface area contributed by atoms with Crippen LogP contribution < -0.4 is 0 Å². The maximum absolute atomic E-state index is 10.8. The van der Waals surface area contributed by atoms with Crippen LogP contribution in [0, 0.1) is 0 Å². The van der Waals surface area contributed by atoms with Crippen molar-refractivity contribution in [2.75, 3.05) is 13.7 Å². The highest BCUT2D eigenvalue weighted by Crippen LogP contribution is 2.07. The number of hydrogen-bond donors (Lipinski definition) is 1. The summed E-state index contributed by atoms with van der Waals surface area (Å²) in [6.45, 7) is 1.06. The molecule has 1 N–H and O–H groups in total. The standard InChI is InChI=1S/C12H14N4O3/c1-19-7-6-11-13-14-15-16(11)8-9-2-4-10(5-3-9)12(17)18/h2-5H,6-8H2,1H3,(H,17,18). The fourth-order valence-corrected chi connectivity index (χ4v) is 1.64. The highest BCUT2D eigenvalue weighted by molar-refractivity contribution is 5.87. The van der Waals surface area contributed by atoms with Gasteiger partial charge in [0.15, 0.2) is 5.82 Å². The summed E-state index contributed by atoms with van der Waals surface area (Å²) in [5.74, 6) is -0.195. The van der Waals surface area contributed by atoms with Gasteiger partial charge in [0, 0.05) is 13.5 Å². The van der Waals surface area contributed by atoms with Gasteiger partial charge in [0.05, 0.1) is 18.7 Å². The molecule has 0 atom stereocenters. The zero-order valence-electron chi connectivity index (χ0n) is 10.5. The molecule has 2 rings (SSSR count). The summed E-state index contributed by atoms with van der Waals surface area (Å²) >= 11 is 0. The molecule has 100 valence electrons. The summed E-state index contributed by atoms with van der Waals surface area (Å²) in [4.78, 5) is 10.8. The SMILES string of the molecule is COCCc1nnnn1Cc1ccc(C(=O)O)cc1. The third-order valence-corrected chi connectivity index (χ3v) is 2.67. The first-order chi connectivity index (χ1) is 9.20. The predicted molar refractivity (Wildman–Crippen MR) is 65.9 cm³/mol. The topological polar surface area (TPSA) is 90.1 Å². The lowest BCUT2D eigenvalue weighted by molar-refractivity contribution is 0.0697. The van der Waals surface area contributed by atoms with E-state index in [0.29, 0.717) is 19.6 Å². The zero-order valence-corrected chi connectivity index (χ0v) is 10.5. The van der Waals surface area contributed by atoms with Crippen molar-refractivity contribution >= 4 is 5.97 Å². The third kappa shape index (κ3) is 3.35. The van der Waals surface area contributed by atoms with Gasteiger partial charge in [-0.1, -0.05) is 12.1 Å². The second kappa shape index (κ2) is 6.05. The largest absolute Gasteiger partial charge is 0.478 e. The summed E-state index contributed by atoms with van der Waals surface area (Å²) in [5, 5.41) is 20.3. The Kier molecular flexibility index (Phi) is 4.19. The first-order valence-corrected chi connectivity index (χ1v) is 5.77. The molecule has 0 aliphatic carbocycles. The fourth-order valence-electron chi connectivity index (χ4n) is 1.64. The van der Waals surface area contributed by atoms with Gasteiger partial charge in [0.2, 0.25) is 0 Å². The van der Waals surface area contributed by atoms with E-state index in [0.717, 1.165) is 11.4 Å². The van der Waals surface area contributed by atoms with Gasteiger partial charge in [0.25, 0.3) is 0 Å². The van der Waals surface area contributed by atoms with Gasteiger partial charge in [-0.25, -0.2) is 9.48 Å². The number of hydrogen-bond acceptors (Lipinski definition) is 5. The van der Waals surface area contributed by atoms with E-state index < -0.39 is 5.97 Å². The van der Waals surface area contributed by atoms with Gasteiger partial charge in [0.1, 0.15) is 0 Å². The Balaban J connectivity index is 2.08. The Labute approximate surface area is 109 Å². The number of aromatic nitrogens is 4. The zero-order chi connectivity index (χ0) is 13.7. The van der Waals surface area contributed by atoms with E-state index in [1.54, 1.807) is 36.1 Å². The molecule has 1 heterocycles. The van der Waals surface area contributed by atoms with Crippen LogP contribution in [0.2, 0.25) is 0 Å². The van der Waals surface area contributed by atoms with Crippen molar-refractivity contribution in [3.05, 3.63) is 41.2 Å². The molecule has 0 amide bonds. The average molecular weight is 262 g/mol. The minimum absolute atomic E-state index is 0.264. The molecule has 0 bridgehead atoms. The van der Waals surface area contributed by atoms with Gasteiger partial charge < -0.3 is 9.84 Å². The van der Waals surface area contributed by atoms with Gasteiger partial charge in [-0.15, -0.1) is 5.10 Å². The van der Waals surface area contributed by atoms with Crippen molar-refractivity contribution in [1.82, 2.24) is 20.2 Å². The van der Waals surface area contributed by atoms with Crippen molar-refractivity contribution in [3.8, 4) is 0 Å². The molecular formula is C12H14N4O3. The monoisotopic (exact) mass is 262 g/mol. The van der Waals surface area contributed by atoms with Crippen LogP contribution in [0.1, 0.15) is 21.7 Å². The summed E-state index contributed by atoms with van der Waals surface area (Å²) in [5.41, 5.74) is 1.20. The van der Waals surface area contributed by atoms with Crippen LogP contribution in [0.25, 0.3) is 0 Å². The third-order valence-electron chi connectivity index (χ3n) is 2.67. The van der Waals surface area contributed by atoms with Crippen LogP contribution in [-0.2, 0) is 17.7 Å². The van der Waals surface area contributed by atoms with Crippen LogP contribution in [0.4, 0.5) is 0 Å². The van der Waals surface area contributed by atoms with Crippen LogP contribution in [-0.4, -0.2) is 45.0 Å². The van der Waals surface area contributed by atoms with Crippen molar-refractivity contribution in [2.45, 2.75) is 13.0 Å². The van der Waals surface area contributed by atoms with Gasteiger partial charge >= 0.3 is 5.97 Å². The number of tetrazole rings is 1. The molecule has 7 nitrogen and oxygen atoms in total. The maximum Gasteiger partial charge on any atom is 0.335 e. The van der Waals surface area contributed by atoms with Crippen molar-refractivity contribution in [1.29, 1.82) is 0 Å². The first-order valence-electron chi connectivity index (χ1n) is 5.77. The number of ether oxygens (including phenoxy) is 1. The Morgan fingerprint density at radius 2 is 2.11 bits per heavy atom. The molecule has 7 heteroatoms. The lowest BCUT2D eigenvalue weighted by Crippen LogP contribution is -2.09. The number of carbonyl (C=O) groups is 1. The van der Waals surface area contributed by atoms with Crippen molar-refractivity contribution in [3.63, 3.8) is 0 Å². The lowest BCUT2D eigenvalue weighted by atomic mass is 10.1. The molecule has 0 saturated heterocycles.